The lowest BCUT2D eigenvalue weighted by Gasteiger charge is -2.22. The van der Waals surface area contributed by atoms with Crippen LogP contribution >= 0.6 is 12.4 Å². The van der Waals surface area contributed by atoms with Gasteiger partial charge in [-0.15, -0.1) is 12.4 Å². The zero-order valence-corrected chi connectivity index (χ0v) is 13.9. The number of hydrogen-bond donors (Lipinski definition) is 3. The van der Waals surface area contributed by atoms with E-state index < -0.39 is 16.1 Å². The van der Waals surface area contributed by atoms with Crippen molar-refractivity contribution in [2.75, 3.05) is 12.8 Å². The molecule has 0 aromatic heterocycles. The summed E-state index contributed by atoms with van der Waals surface area (Å²) >= 11 is 0. The van der Waals surface area contributed by atoms with E-state index in [1.54, 1.807) is 0 Å². The normalized spacial score (nSPS) is 24.2. The van der Waals surface area contributed by atoms with Crippen LogP contribution in [0.2, 0.25) is 0 Å². The zero-order chi connectivity index (χ0) is 14.6. The molecular weight excluding hydrogens is 302 g/mol. The van der Waals surface area contributed by atoms with Gasteiger partial charge in [0.15, 0.2) is 0 Å². The minimum atomic E-state index is -3.20. The predicted octanol–water partition coefficient (Wildman–Crippen LogP) is 0.226. The number of nitrogens with two attached hydrogens (primary N) is 1. The standard InChI is InChI=1S/C12H25N3O3S.ClH/c1-8(2)11(13)12(16)14-7-9-5-4-6-10(9)15-19(3,17)18;/h8-11,15H,4-7,13H2,1-3H3,(H,14,16);1H/t9?,10?,11-;/m0./s1. The van der Waals surface area contributed by atoms with Crippen molar-refractivity contribution < 1.29 is 13.2 Å². The number of hydrogen-bond acceptors (Lipinski definition) is 4. The van der Waals surface area contributed by atoms with Crippen molar-refractivity contribution in [1.29, 1.82) is 0 Å². The van der Waals surface area contributed by atoms with Crippen molar-refractivity contribution in [2.45, 2.75) is 45.2 Å². The summed E-state index contributed by atoms with van der Waals surface area (Å²) in [5.41, 5.74) is 5.76. The third-order valence-electron chi connectivity index (χ3n) is 3.58. The molecule has 1 aliphatic rings. The molecule has 3 atom stereocenters. The Labute approximate surface area is 127 Å². The van der Waals surface area contributed by atoms with E-state index in [0.29, 0.717) is 6.54 Å². The summed E-state index contributed by atoms with van der Waals surface area (Å²) in [6.45, 7) is 4.27. The largest absolute Gasteiger partial charge is 0.354 e. The Kier molecular flexibility index (Phi) is 8.01. The minimum Gasteiger partial charge on any atom is -0.354 e. The van der Waals surface area contributed by atoms with E-state index in [1.165, 1.54) is 0 Å². The summed E-state index contributed by atoms with van der Waals surface area (Å²) < 4.78 is 25.1. The van der Waals surface area contributed by atoms with Gasteiger partial charge in [-0.25, -0.2) is 13.1 Å². The SMILES string of the molecule is CC(C)[C@H](N)C(=O)NCC1CCCC1NS(C)(=O)=O.Cl. The molecule has 4 N–H and O–H groups in total. The third kappa shape index (κ3) is 6.39. The van der Waals surface area contributed by atoms with Crippen molar-refractivity contribution in [3.63, 3.8) is 0 Å². The van der Waals surface area contributed by atoms with Crippen LogP contribution < -0.4 is 15.8 Å². The molecule has 0 saturated heterocycles. The lowest BCUT2D eigenvalue weighted by Crippen LogP contribution is -2.47. The second-order valence-electron chi connectivity index (χ2n) is 5.70. The van der Waals surface area contributed by atoms with Crippen molar-refractivity contribution in [3.8, 4) is 0 Å². The highest BCUT2D eigenvalue weighted by molar-refractivity contribution is 7.88. The Morgan fingerprint density at radius 3 is 2.45 bits per heavy atom. The molecule has 1 saturated carbocycles. The van der Waals surface area contributed by atoms with Crippen molar-refractivity contribution in [3.05, 3.63) is 0 Å². The molecule has 6 nitrogen and oxygen atoms in total. The Balaban J connectivity index is 0.00000361. The van der Waals surface area contributed by atoms with E-state index >= 15 is 0 Å². The molecule has 1 aliphatic carbocycles. The molecule has 0 spiro atoms. The van der Waals surface area contributed by atoms with Gasteiger partial charge >= 0.3 is 0 Å². The topological polar surface area (TPSA) is 101 Å². The Morgan fingerprint density at radius 1 is 1.35 bits per heavy atom. The van der Waals surface area contributed by atoms with Gasteiger partial charge < -0.3 is 11.1 Å². The van der Waals surface area contributed by atoms with Gasteiger partial charge in [0.05, 0.1) is 12.3 Å². The van der Waals surface area contributed by atoms with Crippen LogP contribution in [0.25, 0.3) is 0 Å². The van der Waals surface area contributed by atoms with Gasteiger partial charge in [0.2, 0.25) is 15.9 Å². The number of rotatable bonds is 6. The number of halogens is 1. The molecule has 2 unspecified atom stereocenters. The molecule has 0 heterocycles. The number of amides is 1. The van der Waals surface area contributed by atoms with Gasteiger partial charge in [0.25, 0.3) is 0 Å². The van der Waals surface area contributed by atoms with Gasteiger partial charge in [0, 0.05) is 12.6 Å². The van der Waals surface area contributed by atoms with Crippen LogP contribution in [0.4, 0.5) is 0 Å². The molecular formula is C12H26ClN3O3S. The monoisotopic (exact) mass is 327 g/mol. The Hall–Kier alpha value is -0.370. The van der Waals surface area contributed by atoms with Crippen LogP contribution in [-0.4, -0.2) is 39.2 Å². The molecule has 120 valence electrons. The number of sulfonamides is 1. The molecule has 8 heteroatoms. The van der Waals surface area contributed by atoms with Crippen LogP contribution in [-0.2, 0) is 14.8 Å². The lowest BCUT2D eigenvalue weighted by molar-refractivity contribution is -0.123. The number of nitrogens with one attached hydrogen (secondary N) is 2. The molecule has 1 fully saturated rings. The van der Waals surface area contributed by atoms with Crippen LogP contribution in [0, 0.1) is 11.8 Å². The van der Waals surface area contributed by atoms with E-state index in [1.807, 2.05) is 13.8 Å². The van der Waals surface area contributed by atoms with E-state index in [9.17, 15) is 13.2 Å². The van der Waals surface area contributed by atoms with Crippen LogP contribution in [0.5, 0.6) is 0 Å². The van der Waals surface area contributed by atoms with E-state index in [2.05, 4.69) is 10.0 Å². The summed E-state index contributed by atoms with van der Waals surface area (Å²) in [5.74, 6) is 0.0755. The molecule has 0 aliphatic heterocycles. The molecule has 1 amide bonds. The average molecular weight is 328 g/mol. The maximum atomic E-state index is 11.8. The Bertz CT molecular complexity index is 414. The molecule has 0 aromatic carbocycles. The summed E-state index contributed by atoms with van der Waals surface area (Å²) in [6.07, 6.45) is 3.88. The summed E-state index contributed by atoms with van der Waals surface area (Å²) in [6, 6.07) is -0.590. The second kappa shape index (κ2) is 8.17. The fourth-order valence-corrected chi connectivity index (χ4v) is 3.22. The number of carbonyl (C=O) groups excluding carboxylic acids is 1. The smallest absolute Gasteiger partial charge is 0.237 e. The van der Waals surface area contributed by atoms with E-state index in [-0.39, 0.29) is 36.2 Å². The fourth-order valence-electron chi connectivity index (χ4n) is 2.36. The predicted molar refractivity (Wildman–Crippen MR) is 82.2 cm³/mol. The second-order valence-corrected chi connectivity index (χ2v) is 7.48. The first-order valence-electron chi connectivity index (χ1n) is 6.71. The molecule has 0 bridgehead atoms. The first-order chi connectivity index (χ1) is 8.70. The first kappa shape index (κ1) is 19.6. The van der Waals surface area contributed by atoms with E-state index in [4.69, 9.17) is 5.73 Å². The maximum absolute atomic E-state index is 11.8. The lowest BCUT2D eigenvalue weighted by atomic mass is 10.0. The molecule has 0 radical (unpaired) electrons. The van der Waals surface area contributed by atoms with Crippen LogP contribution in [0.1, 0.15) is 33.1 Å². The van der Waals surface area contributed by atoms with Crippen molar-refractivity contribution in [1.82, 2.24) is 10.0 Å². The van der Waals surface area contributed by atoms with Crippen LogP contribution in [0.3, 0.4) is 0 Å². The highest BCUT2D eigenvalue weighted by atomic mass is 35.5. The molecule has 20 heavy (non-hydrogen) atoms. The summed E-state index contributed by atoms with van der Waals surface area (Å²) in [7, 11) is -3.20. The Morgan fingerprint density at radius 2 is 1.95 bits per heavy atom. The van der Waals surface area contributed by atoms with Gasteiger partial charge in [0.1, 0.15) is 0 Å². The van der Waals surface area contributed by atoms with Gasteiger partial charge in [-0.2, -0.15) is 0 Å². The van der Waals surface area contributed by atoms with Crippen molar-refractivity contribution in [2.24, 2.45) is 17.6 Å². The maximum Gasteiger partial charge on any atom is 0.237 e. The van der Waals surface area contributed by atoms with E-state index in [0.717, 1.165) is 25.5 Å². The average Bonchev–Trinajstić information content (AvgIpc) is 2.69. The quantitative estimate of drug-likeness (QED) is 0.649. The zero-order valence-electron chi connectivity index (χ0n) is 12.3. The van der Waals surface area contributed by atoms with Crippen LogP contribution in [0.15, 0.2) is 0 Å². The molecule has 1 rings (SSSR count). The first-order valence-corrected chi connectivity index (χ1v) is 8.60. The third-order valence-corrected chi connectivity index (χ3v) is 4.31. The number of carbonyl (C=O) groups is 1. The van der Waals surface area contributed by atoms with Gasteiger partial charge in [-0.3, -0.25) is 4.79 Å². The molecule has 0 aromatic rings. The fraction of sp³-hybridized carbons (Fsp3) is 0.917. The summed E-state index contributed by atoms with van der Waals surface area (Å²) in [4.78, 5) is 11.8. The minimum absolute atomic E-state index is 0. The summed E-state index contributed by atoms with van der Waals surface area (Å²) in [5, 5.41) is 2.82. The highest BCUT2D eigenvalue weighted by Crippen LogP contribution is 2.25. The highest BCUT2D eigenvalue weighted by Gasteiger charge is 2.30. The van der Waals surface area contributed by atoms with Gasteiger partial charge in [-0.05, 0) is 24.7 Å². The van der Waals surface area contributed by atoms with Crippen molar-refractivity contribution >= 4 is 28.3 Å². The van der Waals surface area contributed by atoms with Gasteiger partial charge in [-0.1, -0.05) is 20.3 Å².